The smallest absolute Gasteiger partial charge is 0.435 e. The number of urea groups is 1. The number of likely N-dealkylation sites (tertiary alicyclic amines) is 1. The van der Waals surface area contributed by atoms with E-state index in [1.165, 1.54) is 7.05 Å². The number of aromatic nitrogens is 1. The topological polar surface area (TPSA) is 117 Å². The summed E-state index contributed by atoms with van der Waals surface area (Å²) in [6.45, 7) is 1.61. The van der Waals surface area contributed by atoms with Crippen molar-refractivity contribution >= 4 is 23.8 Å². The summed E-state index contributed by atoms with van der Waals surface area (Å²) in [5, 5.41) is 12.6. The van der Waals surface area contributed by atoms with Crippen LogP contribution in [-0.2, 0) is 11.2 Å². The first-order chi connectivity index (χ1) is 15.8. The predicted molar refractivity (Wildman–Crippen MR) is 121 cm³/mol. The molecule has 2 heterocycles. The molecule has 2 N–H and O–H groups in total. The number of nitrogens with one attached hydrogen (secondary N) is 1. The number of pyridine rings is 1. The Bertz CT molecular complexity index is 1010. The van der Waals surface area contributed by atoms with E-state index in [1.54, 1.807) is 61.8 Å². The van der Waals surface area contributed by atoms with Crippen LogP contribution in [0.4, 0.5) is 9.59 Å². The number of hydrogen-bond donors (Lipinski definition) is 2. The van der Waals surface area contributed by atoms with Crippen LogP contribution in [0.25, 0.3) is 0 Å². The number of carboxylic acid groups (broad SMARTS) is 1. The summed E-state index contributed by atoms with van der Waals surface area (Å²) in [4.78, 5) is 56.3. The molecular weight excluding hydrogens is 424 g/mol. The molecule has 1 fully saturated rings. The number of hydrogen-bond acceptors (Lipinski definition) is 5. The highest BCUT2D eigenvalue weighted by atomic mass is 16.4. The summed E-state index contributed by atoms with van der Waals surface area (Å²) in [7, 11) is 1.42. The molecule has 0 radical (unpaired) electrons. The molecule has 9 heteroatoms. The van der Waals surface area contributed by atoms with E-state index >= 15 is 0 Å². The lowest BCUT2D eigenvalue weighted by Gasteiger charge is -2.33. The van der Waals surface area contributed by atoms with Gasteiger partial charge in [0.1, 0.15) is 6.04 Å². The fourth-order valence-electron chi connectivity index (χ4n) is 4.27. The summed E-state index contributed by atoms with van der Waals surface area (Å²) in [6, 6.07) is 10.2. The van der Waals surface area contributed by atoms with Gasteiger partial charge in [0, 0.05) is 44.3 Å². The van der Waals surface area contributed by atoms with Crippen molar-refractivity contribution in [3.63, 3.8) is 0 Å². The summed E-state index contributed by atoms with van der Waals surface area (Å²) in [6.07, 6.45) is 3.45. The molecule has 0 bridgehead atoms. The second-order valence-corrected chi connectivity index (χ2v) is 8.43. The van der Waals surface area contributed by atoms with E-state index in [4.69, 9.17) is 0 Å². The van der Waals surface area contributed by atoms with Crippen LogP contribution in [0.15, 0.2) is 54.9 Å². The van der Waals surface area contributed by atoms with Crippen LogP contribution in [0.1, 0.15) is 35.7 Å². The molecule has 0 spiro atoms. The molecule has 1 aromatic heterocycles. The predicted octanol–water partition coefficient (Wildman–Crippen LogP) is 2.72. The van der Waals surface area contributed by atoms with Crippen LogP contribution >= 0.6 is 0 Å². The highest BCUT2D eigenvalue weighted by Crippen LogP contribution is 2.29. The molecule has 1 aliphatic rings. The van der Waals surface area contributed by atoms with E-state index in [0.717, 1.165) is 10.5 Å². The Labute approximate surface area is 192 Å². The Balaban J connectivity index is 1.78. The summed E-state index contributed by atoms with van der Waals surface area (Å²) < 4.78 is -0.715. The lowest BCUT2D eigenvalue weighted by atomic mass is 10.0. The number of Topliss-reactive ketones (excluding diaryl/α,β-unsaturated/α-hetero) is 1. The van der Waals surface area contributed by atoms with Crippen LogP contribution in [-0.4, -0.2) is 75.5 Å². The van der Waals surface area contributed by atoms with Crippen molar-refractivity contribution < 1.29 is 28.8 Å². The number of amides is 4. The Morgan fingerprint density at radius 1 is 1.18 bits per heavy atom. The Kier molecular flexibility index (Phi) is 7.55. The van der Waals surface area contributed by atoms with Crippen molar-refractivity contribution in [2.75, 3.05) is 20.1 Å². The summed E-state index contributed by atoms with van der Waals surface area (Å²) in [5.74, 6) is -0.802. The monoisotopic (exact) mass is 453 g/mol. The lowest BCUT2D eigenvalue weighted by molar-refractivity contribution is -0.790. The Morgan fingerprint density at radius 2 is 1.91 bits per heavy atom. The number of ketones is 1. The second-order valence-electron chi connectivity index (χ2n) is 8.43. The second kappa shape index (κ2) is 10.4. The van der Waals surface area contributed by atoms with Crippen LogP contribution in [0.5, 0.6) is 0 Å². The maximum Gasteiger partial charge on any atom is 0.523 e. The molecule has 3 rings (SSSR count). The molecule has 9 nitrogen and oxygen atoms in total. The van der Waals surface area contributed by atoms with Crippen LogP contribution in [0.3, 0.4) is 0 Å². The van der Waals surface area contributed by atoms with Crippen molar-refractivity contribution in [1.29, 1.82) is 0 Å². The van der Waals surface area contributed by atoms with E-state index < -0.39 is 34.3 Å². The third-order valence-corrected chi connectivity index (χ3v) is 6.18. The molecule has 33 heavy (non-hydrogen) atoms. The molecule has 2 unspecified atom stereocenters. The van der Waals surface area contributed by atoms with Gasteiger partial charge < -0.3 is 10.4 Å². The first kappa shape index (κ1) is 24.1. The van der Waals surface area contributed by atoms with Crippen LogP contribution in [0, 0.1) is 0 Å². The molecule has 1 aromatic carbocycles. The molecule has 4 amide bonds. The number of imide groups is 1. The highest BCUT2D eigenvalue weighted by Gasteiger charge is 2.54. The Hall–Kier alpha value is -3.59. The first-order valence-electron chi connectivity index (χ1n) is 10.9. The quantitative estimate of drug-likeness (QED) is 0.623. The number of rotatable bonds is 7. The van der Waals surface area contributed by atoms with Crippen molar-refractivity contribution in [3.8, 4) is 0 Å². The maximum absolute atomic E-state index is 13.2. The average molecular weight is 454 g/mol. The lowest BCUT2D eigenvalue weighted by Crippen LogP contribution is -2.63. The maximum atomic E-state index is 13.2. The molecule has 1 saturated heterocycles. The zero-order valence-electron chi connectivity index (χ0n) is 18.8. The van der Waals surface area contributed by atoms with Gasteiger partial charge in [-0.3, -0.25) is 19.5 Å². The van der Waals surface area contributed by atoms with Gasteiger partial charge >= 0.3 is 12.1 Å². The van der Waals surface area contributed by atoms with Gasteiger partial charge in [-0.15, -0.1) is 4.48 Å². The molecule has 0 aliphatic carbocycles. The van der Waals surface area contributed by atoms with Gasteiger partial charge in [-0.05, 0) is 30.7 Å². The number of nitrogens with zero attached hydrogens (tertiary/aromatic N) is 3. The van der Waals surface area contributed by atoms with E-state index in [9.17, 15) is 24.3 Å². The van der Waals surface area contributed by atoms with Crippen molar-refractivity contribution in [2.24, 2.45) is 0 Å². The van der Waals surface area contributed by atoms with Gasteiger partial charge in [-0.25, -0.2) is 4.79 Å². The minimum atomic E-state index is -1.21. The van der Waals surface area contributed by atoms with Gasteiger partial charge in [0.15, 0.2) is 5.78 Å². The summed E-state index contributed by atoms with van der Waals surface area (Å²) >= 11 is 0. The van der Waals surface area contributed by atoms with Gasteiger partial charge in [0.2, 0.25) is 0 Å². The van der Waals surface area contributed by atoms with E-state index in [1.807, 2.05) is 0 Å². The molecule has 174 valence electrons. The number of carbonyl (C=O) groups is 4. The third kappa shape index (κ3) is 5.25. The van der Waals surface area contributed by atoms with E-state index in [0.29, 0.717) is 18.4 Å². The average Bonchev–Trinajstić information content (AvgIpc) is 3.21. The van der Waals surface area contributed by atoms with Gasteiger partial charge in [-0.2, -0.15) is 4.79 Å². The molecular formula is C24H29N4O5+. The Morgan fingerprint density at radius 3 is 2.48 bits per heavy atom. The van der Waals surface area contributed by atoms with Crippen molar-refractivity contribution in [3.05, 3.63) is 66.0 Å². The van der Waals surface area contributed by atoms with Crippen molar-refractivity contribution in [2.45, 2.75) is 38.3 Å². The van der Waals surface area contributed by atoms with E-state index in [-0.39, 0.29) is 25.6 Å². The highest BCUT2D eigenvalue weighted by molar-refractivity contribution is 5.99. The van der Waals surface area contributed by atoms with Crippen molar-refractivity contribution in [1.82, 2.24) is 15.2 Å². The number of likely N-dealkylation sites (N-methyl/N-ethyl adjacent to an activating group) is 1. The molecule has 3 atom stereocenters. The minimum Gasteiger partial charge on any atom is -0.435 e. The van der Waals surface area contributed by atoms with Gasteiger partial charge in [0.25, 0.3) is 5.91 Å². The SMILES string of the molecule is C[C@@H]1CCC[N+]1(C(=O)O)C(=O)N(C)CC(=O)C(Cc1cccnc1)NC(=O)c1ccccc1. The fraction of sp³-hybridized carbons (Fsp3) is 0.375. The van der Waals surface area contributed by atoms with E-state index in [2.05, 4.69) is 10.3 Å². The summed E-state index contributed by atoms with van der Waals surface area (Å²) in [5.41, 5.74) is 1.16. The van der Waals surface area contributed by atoms with Gasteiger partial charge in [-0.1, -0.05) is 24.3 Å². The molecule has 1 aliphatic heterocycles. The standard InChI is InChI=1S/C24H28N4O5/c1-17-8-7-13-28(17,24(32)33)23(31)27(2)16-21(29)20(14-18-9-6-12-25-15-18)26-22(30)19-10-4-3-5-11-19/h3-6,9-12,15,17,20H,7-8,13-14,16H2,1-2H3,(H-,26,30,32,33)/p+1/t17-,20?,28?/m1/s1. The zero-order valence-corrected chi connectivity index (χ0v) is 18.8. The third-order valence-electron chi connectivity index (χ3n) is 6.18. The first-order valence-corrected chi connectivity index (χ1v) is 10.9. The number of quaternary nitrogens is 1. The van der Waals surface area contributed by atoms with Gasteiger partial charge in [0.05, 0.1) is 19.1 Å². The van der Waals surface area contributed by atoms with Crippen LogP contribution < -0.4 is 5.32 Å². The number of benzene rings is 1. The molecule has 0 saturated carbocycles. The zero-order chi connectivity index (χ0) is 24.0. The normalized spacial score (nSPS) is 20.6. The number of carbonyl (C=O) groups excluding carboxylic acids is 3. The minimum absolute atomic E-state index is 0.192. The fourth-order valence-corrected chi connectivity index (χ4v) is 4.27. The largest absolute Gasteiger partial charge is 0.523 e. The van der Waals surface area contributed by atoms with Crippen LogP contribution in [0.2, 0.25) is 0 Å². The molecule has 2 aromatic rings.